The first kappa shape index (κ1) is 13.2. The number of halogens is 1. The van der Waals surface area contributed by atoms with Gasteiger partial charge in [-0.25, -0.2) is 0 Å². The molecule has 0 aromatic heterocycles. The zero-order chi connectivity index (χ0) is 13.2. The van der Waals surface area contributed by atoms with Gasteiger partial charge in [0.05, 0.1) is 0 Å². The molecule has 1 atom stereocenters. The van der Waals surface area contributed by atoms with Crippen molar-refractivity contribution in [2.24, 2.45) is 0 Å². The lowest BCUT2D eigenvalue weighted by Crippen LogP contribution is -2.38. The van der Waals surface area contributed by atoms with E-state index >= 15 is 0 Å². The molecule has 1 aliphatic heterocycles. The molecule has 1 saturated heterocycles. The Morgan fingerprint density at radius 3 is 2.84 bits per heavy atom. The topological polar surface area (TPSA) is 35.5 Å². The van der Waals surface area contributed by atoms with Crippen molar-refractivity contribution in [2.45, 2.75) is 44.3 Å². The van der Waals surface area contributed by atoms with Crippen molar-refractivity contribution < 1.29 is 5.11 Å². The summed E-state index contributed by atoms with van der Waals surface area (Å²) in [5, 5.41) is 14.2. The second-order valence-electron chi connectivity index (χ2n) is 5.73. The Morgan fingerprint density at radius 1 is 1.32 bits per heavy atom. The van der Waals surface area contributed by atoms with E-state index in [1.165, 1.54) is 25.7 Å². The van der Waals surface area contributed by atoms with Crippen LogP contribution in [0.5, 0.6) is 5.75 Å². The third-order valence-corrected chi connectivity index (χ3v) is 4.33. The van der Waals surface area contributed by atoms with Crippen LogP contribution in [-0.2, 0) is 6.54 Å². The molecular formula is C15H21ClN2O. The molecule has 2 fully saturated rings. The smallest absolute Gasteiger partial charge is 0.120 e. The highest BCUT2D eigenvalue weighted by Gasteiger charge is 2.31. The Balaban J connectivity index is 1.68. The van der Waals surface area contributed by atoms with Gasteiger partial charge in [0, 0.05) is 35.8 Å². The molecule has 1 saturated carbocycles. The molecule has 1 aliphatic carbocycles. The van der Waals surface area contributed by atoms with Gasteiger partial charge in [-0.3, -0.25) is 4.90 Å². The van der Waals surface area contributed by atoms with Crippen LogP contribution in [0.1, 0.15) is 31.2 Å². The van der Waals surface area contributed by atoms with E-state index < -0.39 is 0 Å². The summed E-state index contributed by atoms with van der Waals surface area (Å²) in [6.45, 7) is 3.03. The van der Waals surface area contributed by atoms with Gasteiger partial charge in [0.1, 0.15) is 5.75 Å². The SMILES string of the molecule is Oc1ccc(Cl)cc1CN(CC1CCCN1)C1CC1. The molecule has 2 aliphatic rings. The lowest BCUT2D eigenvalue weighted by atomic mass is 10.1. The molecule has 0 amide bonds. The zero-order valence-electron chi connectivity index (χ0n) is 11.1. The summed E-state index contributed by atoms with van der Waals surface area (Å²) in [6.07, 6.45) is 5.12. The molecule has 1 unspecified atom stereocenters. The lowest BCUT2D eigenvalue weighted by Gasteiger charge is -2.26. The van der Waals surface area contributed by atoms with Crippen LogP contribution in [-0.4, -0.2) is 35.2 Å². The van der Waals surface area contributed by atoms with Gasteiger partial charge in [0.15, 0.2) is 0 Å². The standard InChI is InChI=1S/C15H21ClN2O/c16-12-3-6-15(19)11(8-12)9-18(14-4-5-14)10-13-2-1-7-17-13/h3,6,8,13-14,17,19H,1-2,4-5,7,9-10H2. The number of hydrogen-bond donors (Lipinski definition) is 2. The number of rotatable bonds is 5. The summed E-state index contributed by atoms with van der Waals surface area (Å²) in [5.41, 5.74) is 0.942. The molecule has 0 spiro atoms. The first-order valence-corrected chi connectivity index (χ1v) is 7.55. The van der Waals surface area contributed by atoms with Crippen LogP contribution in [0.25, 0.3) is 0 Å². The fourth-order valence-electron chi connectivity index (χ4n) is 2.88. The van der Waals surface area contributed by atoms with E-state index in [0.29, 0.717) is 22.9 Å². The first-order chi connectivity index (χ1) is 9.22. The molecule has 1 aromatic carbocycles. The van der Waals surface area contributed by atoms with Crippen LogP contribution in [0.15, 0.2) is 18.2 Å². The summed E-state index contributed by atoms with van der Waals surface area (Å²) in [4.78, 5) is 2.49. The van der Waals surface area contributed by atoms with Gasteiger partial charge in [0.2, 0.25) is 0 Å². The van der Waals surface area contributed by atoms with Gasteiger partial charge >= 0.3 is 0 Å². The predicted octanol–water partition coefficient (Wildman–Crippen LogP) is 2.76. The van der Waals surface area contributed by atoms with E-state index in [0.717, 1.165) is 25.2 Å². The van der Waals surface area contributed by atoms with Crippen molar-refractivity contribution in [1.82, 2.24) is 10.2 Å². The van der Waals surface area contributed by atoms with Crippen molar-refractivity contribution in [3.63, 3.8) is 0 Å². The molecule has 19 heavy (non-hydrogen) atoms. The molecular weight excluding hydrogens is 260 g/mol. The van der Waals surface area contributed by atoms with Crippen LogP contribution < -0.4 is 5.32 Å². The number of nitrogens with zero attached hydrogens (tertiary/aromatic N) is 1. The minimum absolute atomic E-state index is 0.356. The van der Waals surface area contributed by atoms with Crippen molar-refractivity contribution >= 4 is 11.6 Å². The molecule has 0 radical (unpaired) electrons. The van der Waals surface area contributed by atoms with E-state index in [4.69, 9.17) is 11.6 Å². The van der Waals surface area contributed by atoms with Crippen LogP contribution in [0.2, 0.25) is 5.02 Å². The van der Waals surface area contributed by atoms with Crippen molar-refractivity contribution in [1.29, 1.82) is 0 Å². The van der Waals surface area contributed by atoms with Crippen molar-refractivity contribution in [3.05, 3.63) is 28.8 Å². The fourth-order valence-corrected chi connectivity index (χ4v) is 3.07. The molecule has 1 aromatic rings. The Kier molecular flexibility index (Phi) is 3.96. The van der Waals surface area contributed by atoms with Gasteiger partial charge in [-0.1, -0.05) is 11.6 Å². The van der Waals surface area contributed by atoms with E-state index in [9.17, 15) is 5.11 Å². The summed E-state index contributed by atoms with van der Waals surface area (Å²) < 4.78 is 0. The van der Waals surface area contributed by atoms with Gasteiger partial charge < -0.3 is 10.4 Å². The second kappa shape index (κ2) is 5.70. The lowest BCUT2D eigenvalue weighted by molar-refractivity contribution is 0.228. The molecule has 3 nitrogen and oxygen atoms in total. The van der Waals surface area contributed by atoms with Gasteiger partial charge in [-0.15, -0.1) is 0 Å². The van der Waals surface area contributed by atoms with E-state index in [1.807, 2.05) is 6.07 Å². The minimum atomic E-state index is 0.356. The average molecular weight is 281 g/mol. The summed E-state index contributed by atoms with van der Waals surface area (Å²) in [7, 11) is 0. The number of hydrogen-bond acceptors (Lipinski definition) is 3. The van der Waals surface area contributed by atoms with E-state index in [2.05, 4.69) is 10.2 Å². The minimum Gasteiger partial charge on any atom is -0.508 e. The van der Waals surface area contributed by atoms with Crippen LogP contribution >= 0.6 is 11.6 Å². The normalized spacial score (nSPS) is 23.2. The monoisotopic (exact) mass is 280 g/mol. The van der Waals surface area contributed by atoms with Crippen molar-refractivity contribution in [2.75, 3.05) is 13.1 Å². The number of aromatic hydroxyl groups is 1. The highest BCUT2D eigenvalue weighted by molar-refractivity contribution is 6.30. The largest absolute Gasteiger partial charge is 0.508 e. The number of phenolic OH excluding ortho intramolecular Hbond substituents is 1. The Labute approximate surface area is 119 Å². The highest BCUT2D eigenvalue weighted by Crippen LogP contribution is 2.31. The van der Waals surface area contributed by atoms with Crippen LogP contribution in [0, 0.1) is 0 Å². The van der Waals surface area contributed by atoms with E-state index in [1.54, 1.807) is 12.1 Å². The zero-order valence-corrected chi connectivity index (χ0v) is 11.9. The molecule has 0 bridgehead atoms. The Bertz CT molecular complexity index is 442. The van der Waals surface area contributed by atoms with Crippen molar-refractivity contribution in [3.8, 4) is 5.75 Å². The molecule has 1 heterocycles. The molecule has 3 rings (SSSR count). The maximum absolute atomic E-state index is 9.95. The van der Waals surface area contributed by atoms with Gasteiger partial charge in [0.25, 0.3) is 0 Å². The number of nitrogens with one attached hydrogen (secondary N) is 1. The predicted molar refractivity (Wildman–Crippen MR) is 77.6 cm³/mol. The summed E-state index contributed by atoms with van der Waals surface area (Å²) in [5.74, 6) is 0.356. The average Bonchev–Trinajstić information content (AvgIpc) is 3.12. The van der Waals surface area contributed by atoms with Crippen LogP contribution in [0.3, 0.4) is 0 Å². The summed E-state index contributed by atoms with van der Waals surface area (Å²) >= 11 is 6.02. The van der Waals surface area contributed by atoms with E-state index in [-0.39, 0.29) is 0 Å². The maximum atomic E-state index is 9.95. The number of phenols is 1. The fraction of sp³-hybridized carbons (Fsp3) is 0.600. The van der Waals surface area contributed by atoms with Gasteiger partial charge in [-0.05, 0) is 50.4 Å². The Hall–Kier alpha value is -0.770. The molecule has 4 heteroatoms. The van der Waals surface area contributed by atoms with Gasteiger partial charge in [-0.2, -0.15) is 0 Å². The third-order valence-electron chi connectivity index (χ3n) is 4.10. The molecule has 104 valence electrons. The first-order valence-electron chi connectivity index (χ1n) is 7.17. The summed E-state index contributed by atoms with van der Waals surface area (Å²) in [6, 6.07) is 6.62. The maximum Gasteiger partial charge on any atom is 0.120 e. The molecule has 2 N–H and O–H groups in total. The third kappa shape index (κ3) is 3.41. The Morgan fingerprint density at radius 2 is 2.16 bits per heavy atom. The second-order valence-corrected chi connectivity index (χ2v) is 6.16. The number of benzene rings is 1. The highest BCUT2D eigenvalue weighted by atomic mass is 35.5. The quantitative estimate of drug-likeness (QED) is 0.871. The van der Waals surface area contributed by atoms with Crippen LogP contribution in [0.4, 0.5) is 0 Å².